The van der Waals surface area contributed by atoms with Gasteiger partial charge in [0.05, 0.1) is 18.2 Å². The van der Waals surface area contributed by atoms with Crippen LogP contribution in [-0.4, -0.2) is 41.4 Å². The van der Waals surface area contributed by atoms with Gasteiger partial charge in [-0.1, -0.05) is 18.2 Å². The molecule has 0 N–H and O–H groups in total. The summed E-state index contributed by atoms with van der Waals surface area (Å²) in [5.74, 6) is 0.609. The zero-order valence-corrected chi connectivity index (χ0v) is 19.5. The summed E-state index contributed by atoms with van der Waals surface area (Å²) >= 11 is 0. The third-order valence-electron chi connectivity index (χ3n) is 7.42. The molecule has 0 amide bonds. The summed E-state index contributed by atoms with van der Waals surface area (Å²) < 4.78 is 22.3. The molecule has 0 radical (unpaired) electrons. The van der Waals surface area contributed by atoms with E-state index in [4.69, 9.17) is 9.84 Å². The lowest BCUT2D eigenvalue weighted by molar-refractivity contribution is 0.00693. The van der Waals surface area contributed by atoms with Crippen LogP contribution < -0.4 is 0 Å². The van der Waals surface area contributed by atoms with Crippen molar-refractivity contribution >= 4 is 10.9 Å². The second kappa shape index (κ2) is 8.60. The van der Waals surface area contributed by atoms with Crippen molar-refractivity contribution in [1.29, 1.82) is 0 Å². The number of halogens is 1. The summed E-state index contributed by atoms with van der Waals surface area (Å²) in [6.45, 7) is 7.98. The summed E-state index contributed by atoms with van der Waals surface area (Å²) in [7, 11) is 2.17. The number of hydrogen-bond donors (Lipinski definition) is 0. The van der Waals surface area contributed by atoms with Crippen molar-refractivity contribution in [2.45, 2.75) is 57.6 Å². The van der Waals surface area contributed by atoms with Gasteiger partial charge in [0.15, 0.2) is 0 Å². The summed E-state index contributed by atoms with van der Waals surface area (Å²) in [6, 6.07) is 11.5. The Hall–Kier alpha value is -2.24. The highest BCUT2D eigenvalue weighted by Gasteiger charge is 2.36. The molecule has 5 rings (SSSR count). The number of hydrogen-bond acceptors (Lipinski definition) is 3. The molecule has 1 aliphatic carbocycles. The third-order valence-corrected chi connectivity index (χ3v) is 7.42. The number of ether oxygens (including phenoxy) is 1. The van der Waals surface area contributed by atoms with E-state index in [1.54, 1.807) is 12.1 Å². The zero-order chi connectivity index (χ0) is 22.3. The van der Waals surface area contributed by atoms with Crippen LogP contribution in [0.15, 0.2) is 42.6 Å². The van der Waals surface area contributed by atoms with Crippen LogP contribution in [-0.2, 0) is 16.7 Å². The number of likely N-dealkylation sites (tertiary alicyclic amines) is 1. The van der Waals surface area contributed by atoms with Gasteiger partial charge in [-0.2, -0.15) is 5.10 Å². The highest BCUT2D eigenvalue weighted by Crippen LogP contribution is 2.38. The van der Waals surface area contributed by atoms with E-state index in [1.165, 1.54) is 29.4 Å². The first-order chi connectivity index (χ1) is 15.4. The monoisotopic (exact) mass is 435 g/mol. The van der Waals surface area contributed by atoms with Gasteiger partial charge in [0, 0.05) is 29.1 Å². The van der Waals surface area contributed by atoms with E-state index in [2.05, 4.69) is 48.8 Å². The lowest BCUT2D eigenvalue weighted by atomic mass is 9.73. The molecule has 1 atom stereocenters. The van der Waals surface area contributed by atoms with Crippen LogP contribution in [0.25, 0.3) is 10.9 Å². The minimum Gasteiger partial charge on any atom is -0.373 e. The Kier molecular flexibility index (Phi) is 5.81. The molecular formula is C27H34FN3O. The van der Waals surface area contributed by atoms with Gasteiger partial charge >= 0.3 is 0 Å². The van der Waals surface area contributed by atoms with Crippen molar-refractivity contribution in [2.75, 3.05) is 26.7 Å². The Morgan fingerprint density at radius 1 is 1.16 bits per heavy atom. The molecule has 170 valence electrons. The van der Waals surface area contributed by atoms with Gasteiger partial charge in [-0.3, -0.25) is 4.68 Å². The van der Waals surface area contributed by atoms with Gasteiger partial charge in [-0.05, 0) is 94.9 Å². The van der Waals surface area contributed by atoms with E-state index >= 15 is 0 Å². The smallest absolute Gasteiger partial charge is 0.123 e. The molecule has 2 aliphatic rings. The zero-order valence-electron chi connectivity index (χ0n) is 19.5. The van der Waals surface area contributed by atoms with Gasteiger partial charge in [-0.15, -0.1) is 0 Å². The largest absolute Gasteiger partial charge is 0.373 e. The van der Waals surface area contributed by atoms with Gasteiger partial charge in [0.1, 0.15) is 5.82 Å². The Morgan fingerprint density at radius 3 is 2.56 bits per heavy atom. The van der Waals surface area contributed by atoms with E-state index < -0.39 is 0 Å². The molecule has 4 nitrogen and oxygen atoms in total. The lowest BCUT2D eigenvalue weighted by Crippen LogP contribution is -2.44. The van der Waals surface area contributed by atoms with E-state index in [9.17, 15) is 4.39 Å². The van der Waals surface area contributed by atoms with Crippen LogP contribution in [0.1, 0.15) is 55.4 Å². The first-order valence-corrected chi connectivity index (χ1v) is 12.0. The van der Waals surface area contributed by atoms with Crippen molar-refractivity contribution < 1.29 is 9.13 Å². The van der Waals surface area contributed by atoms with E-state index in [0.717, 1.165) is 49.5 Å². The van der Waals surface area contributed by atoms with E-state index in [0.29, 0.717) is 6.61 Å². The van der Waals surface area contributed by atoms with Gasteiger partial charge < -0.3 is 9.64 Å². The fourth-order valence-electron chi connectivity index (χ4n) is 5.08. The Morgan fingerprint density at radius 2 is 1.88 bits per heavy atom. The van der Waals surface area contributed by atoms with Crippen molar-refractivity contribution in [3.63, 3.8) is 0 Å². The second-order valence-corrected chi connectivity index (χ2v) is 10.1. The predicted molar refractivity (Wildman–Crippen MR) is 126 cm³/mol. The summed E-state index contributed by atoms with van der Waals surface area (Å²) in [5, 5.41) is 6.13. The number of rotatable bonds is 7. The Balaban J connectivity index is 1.39. The standard InChI is InChI=1S/C27H34FN3O/c1-19-14-22-17-31(16-21-4-5-21)29-26(22)25(15-19)20(2)32-18-27(10-12-30(3)13-11-27)23-6-8-24(28)9-7-23/h6-9,14-15,17,20-21H,4-5,10-13,16,18H2,1-3H3. The number of piperidine rings is 1. The van der Waals surface area contributed by atoms with Gasteiger partial charge in [0.25, 0.3) is 0 Å². The molecular weight excluding hydrogens is 401 g/mol. The van der Waals surface area contributed by atoms with E-state index in [-0.39, 0.29) is 17.3 Å². The first-order valence-electron chi connectivity index (χ1n) is 12.0. The Labute approximate surface area is 190 Å². The fraction of sp³-hybridized carbons (Fsp3) is 0.519. The predicted octanol–water partition coefficient (Wildman–Crippen LogP) is 5.64. The fourth-order valence-corrected chi connectivity index (χ4v) is 5.08. The van der Waals surface area contributed by atoms with Gasteiger partial charge in [-0.25, -0.2) is 4.39 Å². The SMILES string of the molecule is Cc1cc(C(C)OCC2(c3ccc(F)cc3)CCN(C)CC2)c2nn(CC3CC3)cc2c1. The number of nitrogens with zero attached hydrogens (tertiary/aromatic N) is 3. The molecule has 0 spiro atoms. The number of fused-ring (bicyclic) bond motifs is 1. The van der Waals surface area contributed by atoms with Crippen LogP contribution in [0.4, 0.5) is 4.39 Å². The maximum Gasteiger partial charge on any atom is 0.123 e. The summed E-state index contributed by atoms with van der Waals surface area (Å²) in [6.07, 6.45) is 6.80. The molecule has 2 aromatic carbocycles. The first kappa shape index (κ1) is 21.6. The summed E-state index contributed by atoms with van der Waals surface area (Å²) in [5.41, 5.74) is 4.56. The molecule has 1 aromatic heterocycles. The summed E-state index contributed by atoms with van der Waals surface area (Å²) in [4.78, 5) is 2.36. The quantitative estimate of drug-likeness (QED) is 0.481. The molecule has 1 saturated carbocycles. The highest BCUT2D eigenvalue weighted by atomic mass is 19.1. The number of aromatic nitrogens is 2. The molecule has 2 heterocycles. The number of aryl methyl sites for hydroxylation is 1. The Bertz CT molecular complexity index is 1080. The lowest BCUT2D eigenvalue weighted by Gasteiger charge is -2.41. The minimum absolute atomic E-state index is 0.0568. The average Bonchev–Trinajstić information content (AvgIpc) is 3.50. The molecule has 0 bridgehead atoms. The van der Waals surface area contributed by atoms with Gasteiger partial charge in [0.2, 0.25) is 0 Å². The van der Waals surface area contributed by atoms with Crippen molar-refractivity contribution in [3.8, 4) is 0 Å². The molecule has 1 saturated heterocycles. The van der Waals surface area contributed by atoms with E-state index in [1.807, 2.05) is 12.1 Å². The average molecular weight is 436 g/mol. The second-order valence-electron chi connectivity index (χ2n) is 10.1. The van der Waals surface area contributed by atoms with Crippen LogP contribution in [0.3, 0.4) is 0 Å². The van der Waals surface area contributed by atoms with Crippen LogP contribution >= 0.6 is 0 Å². The van der Waals surface area contributed by atoms with Crippen LogP contribution in [0.2, 0.25) is 0 Å². The van der Waals surface area contributed by atoms with Crippen molar-refractivity contribution in [3.05, 3.63) is 65.1 Å². The van der Waals surface area contributed by atoms with Crippen molar-refractivity contribution in [2.24, 2.45) is 5.92 Å². The molecule has 2 fully saturated rings. The third kappa shape index (κ3) is 4.46. The number of benzene rings is 2. The molecule has 3 aromatic rings. The minimum atomic E-state index is -0.185. The van der Waals surface area contributed by atoms with Crippen molar-refractivity contribution in [1.82, 2.24) is 14.7 Å². The van der Waals surface area contributed by atoms with Crippen LogP contribution in [0, 0.1) is 18.7 Å². The molecule has 1 aliphatic heterocycles. The maximum atomic E-state index is 13.6. The normalized spacial score (nSPS) is 20.0. The topological polar surface area (TPSA) is 30.3 Å². The molecule has 5 heteroatoms. The maximum absolute atomic E-state index is 13.6. The highest BCUT2D eigenvalue weighted by molar-refractivity contribution is 5.82. The molecule has 1 unspecified atom stereocenters. The van der Waals surface area contributed by atoms with Crippen LogP contribution in [0.5, 0.6) is 0 Å². The molecule has 32 heavy (non-hydrogen) atoms.